The van der Waals surface area contributed by atoms with Crippen molar-refractivity contribution in [3.63, 3.8) is 0 Å². The van der Waals surface area contributed by atoms with E-state index in [-0.39, 0.29) is 37.0 Å². The number of ether oxygens (including phenoxy) is 1. The van der Waals surface area contributed by atoms with Gasteiger partial charge in [0.15, 0.2) is 0 Å². The molecule has 1 heterocycles. The Hall–Kier alpha value is -3.22. The van der Waals surface area contributed by atoms with Crippen molar-refractivity contribution in [2.75, 3.05) is 53.4 Å². The molecule has 0 aromatic heterocycles. The minimum Gasteiger partial charge on any atom is -0.496 e. The summed E-state index contributed by atoms with van der Waals surface area (Å²) in [7, 11) is 9.66. The number of carbonyl (C=O) groups excluding carboxylic acids is 2. The van der Waals surface area contributed by atoms with E-state index in [0.29, 0.717) is 29.1 Å². The fourth-order valence-electron chi connectivity index (χ4n) is 8.93. The Balaban J connectivity index is 1.46. The molecule has 2 saturated carbocycles. The molecule has 11 heteroatoms. The number of aliphatic hydroxyl groups is 2. The van der Waals surface area contributed by atoms with Crippen molar-refractivity contribution in [1.29, 1.82) is 0 Å². The van der Waals surface area contributed by atoms with Gasteiger partial charge in [0.2, 0.25) is 5.91 Å². The van der Waals surface area contributed by atoms with Crippen LogP contribution >= 0.6 is 0 Å². The number of nitrogens with zero attached hydrogens (tertiary/aromatic N) is 3. The lowest BCUT2D eigenvalue weighted by Crippen LogP contribution is -2.53. The van der Waals surface area contributed by atoms with Gasteiger partial charge in [0, 0.05) is 61.0 Å². The molecule has 2 aromatic carbocycles. The number of methoxy groups -OCH3 is 1. The summed E-state index contributed by atoms with van der Waals surface area (Å²) in [5.41, 5.74) is 3.87. The topological polar surface area (TPSA) is 127 Å². The second-order valence-corrected chi connectivity index (χ2v) is 16.4. The zero-order valence-corrected chi connectivity index (χ0v) is 33.3. The molecule has 0 bridgehead atoms. The summed E-state index contributed by atoms with van der Waals surface area (Å²) in [5.74, 6) is 0.953. The van der Waals surface area contributed by atoms with E-state index in [1.807, 2.05) is 49.3 Å². The van der Waals surface area contributed by atoms with Crippen molar-refractivity contribution in [2.24, 2.45) is 23.7 Å². The maximum atomic E-state index is 14.1. The van der Waals surface area contributed by atoms with Gasteiger partial charge >= 0.3 is 0 Å². The Morgan fingerprint density at radius 2 is 1.75 bits per heavy atom. The Morgan fingerprint density at radius 3 is 2.40 bits per heavy atom. The molecule has 0 spiro atoms. The highest BCUT2D eigenvalue weighted by Gasteiger charge is 2.50. The number of nitrogens with one attached hydrogen (secondary N) is 2. The number of likely N-dealkylation sites (N-methyl/N-ethyl adjacent to an activating group) is 1. The number of aliphatic hydroxyl groups excluding tert-OH is 2. The van der Waals surface area contributed by atoms with E-state index in [4.69, 9.17) is 9.57 Å². The second-order valence-electron chi connectivity index (χ2n) is 16.4. The van der Waals surface area contributed by atoms with Crippen molar-refractivity contribution < 1.29 is 29.4 Å². The monoisotopic (exact) mass is 735 g/mol. The molecule has 294 valence electrons. The number of hydrogen-bond acceptors (Lipinski definition) is 9. The molecule has 0 unspecified atom stereocenters. The molecule has 2 aliphatic carbocycles. The van der Waals surface area contributed by atoms with Crippen LogP contribution in [-0.2, 0) is 16.2 Å². The average molecular weight is 736 g/mol. The number of rotatable bonds is 14. The Morgan fingerprint density at radius 1 is 1.02 bits per heavy atom. The smallest absolute Gasteiger partial charge is 0.251 e. The Kier molecular flexibility index (Phi) is 14.2. The van der Waals surface area contributed by atoms with Crippen molar-refractivity contribution in [2.45, 2.75) is 109 Å². The van der Waals surface area contributed by atoms with Crippen molar-refractivity contribution >= 4 is 17.5 Å². The lowest BCUT2D eigenvalue weighted by atomic mass is 9.77. The molecule has 2 amide bonds. The van der Waals surface area contributed by atoms with Gasteiger partial charge in [-0.05, 0) is 81.8 Å². The van der Waals surface area contributed by atoms with Crippen LogP contribution in [0.4, 0.5) is 5.69 Å². The lowest BCUT2D eigenvalue weighted by molar-refractivity contribution is -0.182. The maximum Gasteiger partial charge on any atom is 0.251 e. The molecule has 4 N–H and O–H groups in total. The number of para-hydroxylation sites is 1. The second kappa shape index (κ2) is 18.4. The summed E-state index contributed by atoms with van der Waals surface area (Å²) >= 11 is 0. The first-order chi connectivity index (χ1) is 25.3. The standard InChI is InChI=1S/C42H65N5O6/c1-26-14-12-19-35(27(26)2)43-42(51)39-38(28(3)49)37(25-48)53-47(39)23-30-17-13-18-34(40(30)52-8)31-20-32(22-33(21-31)46(6)7)41(50)44-36(24-45(4)5)29-15-10-9-11-16-29/h13,17-18,20-22,26-29,35-39,48-49H,9-12,14-16,19,23-25H2,1-8H3,(H,43,51)(H,44,50)/t26-,27-,28-,35-,36+,37-,38+,39-/m0/s1. The average Bonchev–Trinajstić information content (AvgIpc) is 3.51. The van der Waals surface area contributed by atoms with E-state index < -0.39 is 24.2 Å². The molecule has 3 fully saturated rings. The summed E-state index contributed by atoms with van der Waals surface area (Å²) in [4.78, 5) is 38.6. The predicted octanol–water partition coefficient (Wildman–Crippen LogP) is 5.08. The molecule has 11 nitrogen and oxygen atoms in total. The minimum atomic E-state index is -0.891. The number of anilines is 1. The number of hydrogen-bond donors (Lipinski definition) is 4. The van der Waals surface area contributed by atoms with Crippen LogP contribution in [0.25, 0.3) is 11.1 Å². The molecule has 2 aromatic rings. The van der Waals surface area contributed by atoms with Gasteiger partial charge in [-0.2, -0.15) is 5.06 Å². The van der Waals surface area contributed by atoms with Gasteiger partial charge in [-0.1, -0.05) is 64.2 Å². The highest BCUT2D eigenvalue weighted by molar-refractivity contribution is 5.97. The van der Waals surface area contributed by atoms with Crippen LogP contribution in [0.3, 0.4) is 0 Å². The third-order valence-corrected chi connectivity index (χ3v) is 12.1. The van der Waals surface area contributed by atoms with Crippen LogP contribution in [0, 0.1) is 23.7 Å². The number of benzene rings is 2. The lowest BCUT2D eigenvalue weighted by Gasteiger charge is -2.36. The number of amides is 2. The number of carbonyl (C=O) groups is 2. The van der Waals surface area contributed by atoms with E-state index in [2.05, 4.69) is 49.5 Å². The summed E-state index contributed by atoms with van der Waals surface area (Å²) in [6, 6.07) is 11.0. The van der Waals surface area contributed by atoms with E-state index in [0.717, 1.165) is 61.0 Å². The molecular weight excluding hydrogens is 670 g/mol. The van der Waals surface area contributed by atoms with Gasteiger partial charge in [-0.15, -0.1) is 0 Å². The van der Waals surface area contributed by atoms with Crippen molar-refractivity contribution in [3.05, 3.63) is 47.5 Å². The van der Waals surface area contributed by atoms with Gasteiger partial charge in [0.1, 0.15) is 17.9 Å². The zero-order chi connectivity index (χ0) is 38.4. The molecule has 53 heavy (non-hydrogen) atoms. The molecule has 0 radical (unpaired) electrons. The van der Waals surface area contributed by atoms with Crippen molar-refractivity contribution in [3.8, 4) is 16.9 Å². The normalized spacial score (nSPS) is 26.6. The van der Waals surface area contributed by atoms with Crippen LogP contribution in [0.15, 0.2) is 36.4 Å². The maximum absolute atomic E-state index is 14.1. The first kappa shape index (κ1) is 41.0. The zero-order valence-electron chi connectivity index (χ0n) is 33.3. The fourth-order valence-corrected chi connectivity index (χ4v) is 8.93. The molecular formula is C42H65N5O6. The largest absolute Gasteiger partial charge is 0.496 e. The van der Waals surface area contributed by atoms with Gasteiger partial charge < -0.3 is 35.4 Å². The first-order valence-electron chi connectivity index (χ1n) is 19.8. The van der Waals surface area contributed by atoms with E-state index in [1.165, 1.54) is 19.3 Å². The molecule has 1 aliphatic heterocycles. The fraction of sp³-hybridized carbons (Fsp3) is 0.667. The summed E-state index contributed by atoms with van der Waals surface area (Å²) in [6.07, 6.45) is 7.40. The van der Waals surface area contributed by atoms with E-state index in [1.54, 1.807) is 19.1 Å². The first-order valence-corrected chi connectivity index (χ1v) is 19.8. The van der Waals surface area contributed by atoms with Gasteiger partial charge in [-0.25, -0.2) is 0 Å². The third kappa shape index (κ3) is 9.72. The van der Waals surface area contributed by atoms with E-state index >= 15 is 0 Å². The summed E-state index contributed by atoms with van der Waals surface area (Å²) < 4.78 is 6.10. The Labute approximate surface area is 317 Å². The molecule has 5 rings (SSSR count). The van der Waals surface area contributed by atoms with Crippen LogP contribution in [0.5, 0.6) is 5.75 Å². The van der Waals surface area contributed by atoms with Crippen LogP contribution in [0.2, 0.25) is 0 Å². The quantitative estimate of drug-likeness (QED) is 0.210. The van der Waals surface area contributed by atoms with Crippen LogP contribution < -0.4 is 20.3 Å². The van der Waals surface area contributed by atoms with Gasteiger partial charge in [-0.3, -0.25) is 14.4 Å². The third-order valence-electron chi connectivity index (χ3n) is 12.1. The molecule has 8 atom stereocenters. The predicted molar refractivity (Wildman–Crippen MR) is 210 cm³/mol. The SMILES string of the molecule is COc1c(CN2O[C@@H](CO)[C@@H]([C@H](C)O)[C@H]2C(=O)N[C@H]2CCC[C@H](C)[C@@H]2C)cccc1-c1cc(C(=O)N[C@H](CN(C)C)C2CCCCC2)cc(N(C)C)c1. The minimum absolute atomic E-state index is 0.0324. The number of hydroxylamine groups is 2. The van der Waals surface area contributed by atoms with Crippen molar-refractivity contribution in [1.82, 2.24) is 20.6 Å². The highest BCUT2D eigenvalue weighted by Crippen LogP contribution is 2.39. The summed E-state index contributed by atoms with van der Waals surface area (Å²) in [5, 5.41) is 29.5. The van der Waals surface area contributed by atoms with Gasteiger partial charge in [0.05, 0.1) is 26.4 Å². The molecule has 3 aliphatic rings. The van der Waals surface area contributed by atoms with Crippen LogP contribution in [0.1, 0.15) is 88.1 Å². The van der Waals surface area contributed by atoms with Gasteiger partial charge in [0.25, 0.3) is 5.91 Å². The summed E-state index contributed by atoms with van der Waals surface area (Å²) in [6.45, 7) is 6.71. The van der Waals surface area contributed by atoms with Crippen LogP contribution in [-0.4, -0.2) is 111 Å². The Bertz CT molecular complexity index is 1530. The molecule has 1 saturated heterocycles. The van der Waals surface area contributed by atoms with E-state index in [9.17, 15) is 19.8 Å². The highest BCUT2D eigenvalue weighted by atomic mass is 16.7.